The summed E-state index contributed by atoms with van der Waals surface area (Å²) in [4.78, 5) is 11.2. The highest BCUT2D eigenvalue weighted by Crippen LogP contribution is 2.10. The van der Waals surface area contributed by atoms with Crippen molar-refractivity contribution in [3.8, 4) is 0 Å². The first kappa shape index (κ1) is 12.7. The van der Waals surface area contributed by atoms with E-state index in [9.17, 15) is 4.79 Å². The van der Waals surface area contributed by atoms with Crippen LogP contribution in [-0.2, 0) is 11.3 Å². The molecule has 0 saturated carbocycles. The van der Waals surface area contributed by atoms with Gasteiger partial charge in [0, 0.05) is 18.7 Å². The monoisotopic (exact) mass is 220 g/mol. The van der Waals surface area contributed by atoms with Crippen molar-refractivity contribution in [3.63, 3.8) is 0 Å². The van der Waals surface area contributed by atoms with Crippen LogP contribution >= 0.6 is 0 Å². The first-order valence-corrected chi connectivity index (χ1v) is 5.85. The fraction of sp³-hybridized carbons (Fsp3) is 0.462. The van der Waals surface area contributed by atoms with Crippen molar-refractivity contribution >= 4 is 11.6 Å². The Morgan fingerprint density at radius 1 is 1.31 bits per heavy atom. The van der Waals surface area contributed by atoms with Crippen molar-refractivity contribution in [2.45, 2.75) is 33.2 Å². The molecule has 0 radical (unpaired) electrons. The maximum atomic E-state index is 11.2. The van der Waals surface area contributed by atoms with E-state index in [1.165, 1.54) is 5.56 Å². The Morgan fingerprint density at radius 2 is 2.12 bits per heavy atom. The largest absolute Gasteiger partial charge is 0.326 e. The van der Waals surface area contributed by atoms with Crippen LogP contribution in [0.3, 0.4) is 0 Å². The van der Waals surface area contributed by atoms with E-state index in [1.807, 2.05) is 25.1 Å². The van der Waals surface area contributed by atoms with Crippen LogP contribution in [0.4, 0.5) is 5.69 Å². The maximum absolute atomic E-state index is 11.2. The van der Waals surface area contributed by atoms with Gasteiger partial charge in [-0.1, -0.05) is 26.0 Å². The van der Waals surface area contributed by atoms with Crippen LogP contribution in [0.2, 0.25) is 0 Å². The molecule has 0 saturated heterocycles. The van der Waals surface area contributed by atoms with Crippen LogP contribution in [0.25, 0.3) is 0 Å². The number of hydrogen-bond acceptors (Lipinski definition) is 2. The summed E-state index contributed by atoms with van der Waals surface area (Å²) >= 11 is 0. The lowest BCUT2D eigenvalue weighted by molar-refractivity contribution is -0.115. The minimum Gasteiger partial charge on any atom is -0.326 e. The standard InChI is InChI=1S/C13H20N2O/c1-3-8-14-10-11-6-5-7-12(9-11)15-13(16)4-2/h5-7,9,14H,3-4,8,10H2,1-2H3,(H,15,16). The fourth-order valence-electron chi connectivity index (χ4n) is 1.42. The maximum Gasteiger partial charge on any atom is 0.224 e. The molecule has 0 bridgehead atoms. The van der Waals surface area contributed by atoms with E-state index in [-0.39, 0.29) is 5.91 Å². The van der Waals surface area contributed by atoms with E-state index in [0.717, 1.165) is 25.2 Å². The summed E-state index contributed by atoms with van der Waals surface area (Å²) in [6, 6.07) is 7.95. The Hall–Kier alpha value is -1.35. The number of carbonyl (C=O) groups excluding carboxylic acids is 1. The molecule has 1 aromatic carbocycles. The van der Waals surface area contributed by atoms with Gasteiger partial charge in [0.2, 0.25) is 5.91 Å². The van der Waals surface area contributed by atoms with Gasteiger partial charge >= 0.3 is 0 Å². The molecule has 88 valence electrons. The summed E-state index contributed by atoms with van der Waals surface area (Å²) < 4.78 is 0. The molecular formula is C13H20N2O. The molecule has 0 aliphatic rings. The topological polar surface area (TPSA) is 41.1 Å². The summed E-state index contributed by atoms with van der Waals surface area (Å²) in [5, 5.41) is 6.19. The summed E-state index contributed by atoms with van der Waals surface area (Å²) in [5.74, 6) is 0.0543. The Morgan fingerprint density at radius 3 is 2.81 bits per heavy atom. The molecule has 3 nitrogen and oxygen atoms in total. The fourth-order valence-corrected chi connectivity index (χ4v) is 1.42. The molecule has 0 spiro atoms. The molecule has 0 fully saturated rings. The highest BCUT2D eigenvalue weighted by Gasteiger charge is 1.99. The Balaban J connectivity index is 2.53. The van der Waals surface area contributed by atoms with Crippen LogP contribution in [0.5, 0.6) is 0 Å². The van der Waals surface area contributed by atoms with Crippen LogP contribution in [0.1, 0.15) is 32.3 Å². The predicted octanol–water partition coefficient (Wildman–Crippen LogP) is 2.53. The summed E-state index contributed by atoms with van der Waals surface area (Å²) in [7, 11) is 0. The van der Waals surface area contributed by atoms with Gasteiger partial charge in [-0.2, -0.15) is 0 Å². The first-order chi connectivity index (χ1) is 7.76. The zero-order chi connectivity index (χ0) is 11.8. The van der Waals surface area contributed by atoms with Gasteiger partial charge in [-0.25, -0.2) is 0 Å². The van der Waals surface area contributed by atoms with Crippen LogP contribution < -0.4 is 10.6 Å². The van der Waals surface area contributed by atoms with E-state index in [1.54, 1.807) is 0 Å². The highest BCUT2D eigenvalue weighted by atomic mass is 16.1. The number of rotatable bonds is 6. The number of benzene rings is 1. The average molecular weight is 220 g/mol. The molecule has 0 aromatic heterocycles. The second-order valence-corrected chi connectivity index (χ2v) is 3.78. The van der Waals surface area contributed by atoms with Crippen molar-refractivity contribution in [2.75, 3.05) is 11.9 Å². The van der Waals surface area contributed by atoms with Crippen LogP contribution in [-0.4, -0.2) is 12.5 Å². The quantitative estimate of drug-likeness (QED) is 0.723. The third-order valence-corrected chi connectivity index (χ3v) is 2.29. The third-order valence-electron chi connectivity index (χ3n) is 2.29. The zero-order valence-electron chi connectivity index (χ0n) is 10.0. The summed E-state index contributed by atoms with van der Waals surface area (Å²) in [6.45, 7) is 5.86. The molecule has 1 rings (SSSR count). The van der Waals surface area contributed by atoms with Crippen LogP contribution in [0, 0.1) is 0 Å². The minimum atomic E-state index is 0.0543. The first-order valence-electron chi connectivity index (χ1n) is 5.85. The molecule has 0 heterocycles. The lowest BCUT2D eigenvalue weighted by Gasteiger charge is -2.07. The second-order valence-electron chi connectivity index (χ2n) is 3.78. The van der Waals surface area contributed by atoms with E-state index in [4.69, 9.17) is 0 Å². The van der Waals surface area contributed by atoms with E-state index < -0.39 is 0 Å². The molecule has 0 atom stereocenters. The van der Waals surface area contributed by atoms with Crippen molar-refractivity contribution in [3.05, 3.63) is 29.8 Å². The Kier molecular flexibility index (Phi) is 5.57. The molecule has 0 unspecified atom stereocenters. The zero-order valence-corrected chi connectivity index (χ0v) is 10.0. The van der Waals surface area contributed by atoms with Crippen molar-refractivity contribution in [1.29, 1.82) is 0 Å². The van der Waals surface area contributed by atoms with Gasteiger partial charge in [0.1, 0.15) is 0 Å². The molecule has 1 aromatic rings. The predicted molar refractivity (Wildman–Crippen MR) is 67.4 cm³/mol. The van der Waals surface area contributed by atoms with Gasteiger partial charge in [-0.05, 0) is 30.7 Å². The van der Waals surface area contributed by atoms with E-state index >= 15 is 0 Å². The number of carbonyl (C=O) groups is 1. The number of nitrogens with one attached hydrogen (secondary N) is 2. The van der Waals surface area contributed by atoms with Gasteiger partial charge in [-0.15, -0.1) is 0 Å². The molecule has 1 amide bonds. The minimum absolute atomic E-state index is 0.0543. The summed E-state index contributed by atoms with van der Waals surface area (Å²) in [6.07, 6.45) is 1.64. The molecule has 3 heteroatoms. The Labute approximate surface area is 97.2 Å². The van der Waals surface area contributed by atoms with Crippen LogP contribution in [0.15, 0.2) is 24.3 Å². The molecular weight excluding hydrogens is 200 g/mol. The smallest absolute Gasteiger partial charge is 0.224 e. The number of anilines is 1. The normalized spacial score (nSPS) is 10.1. The SMILES string of the molecule is CCCNCc1cccc(NC(=O)CC)c1. The van der Waals surface area contributed by atoms with Gasteiger partial charge in [0.05, 0.1) is 0 Å². The van der Waals surface area contributed by atoms with Gasteiger partial charge in [0.25, 0.3) is 0 Å². The molecule has 2 N–H and O–H groups in total. The number of hydrogen-bond donors (Lipinski definition) is 2. The van der Waals surface area contributed by atoms with E-state index in [2.05, 4.69) is 23.6 Å². The lowest BCUT2D eigenvalue weighted by atomic mass is 10.2. The molecule has 0 aliphatic heterocycles. The Bertz CT molecular complexity index is 336. The third kappa shape index (κ3) is 4.45. The molecule has 16 heavy (non-hydrogen) atoms. The van der Waals surface area contributed by atoms with E-state index in [0.29, 0.717) is 6.42 Å². The second kappa shape index (κ2) is 7.01. The summed E-state index contributed by atoms with van der Waals surface area (Å²) in [5.41, 5.74) is 2.07. The van der Waals surface area contributed by atoms with Gasteiger partial charge in [-0.3, -0.25) is 4.79 Å². The van der Waals surface area contributed by atoms with Crippen molar-refractivity contribution < 1.29 is 4.79 Å². The molecule has 0 aliphatic carbocycles. The van der Waals surface area contributed by atoms with Crippen molar-refractivity contribution in [2.24, 2.45) is 0 Å². The lowest BCUT2D eigenvalue weighted by Crippen LogP contribution is -2.14. The number of amides is 1. The average Bonchev–Trinajstić information content (AvgIpc) is 2.30. The van der Waals surface area contributed by atoms with Crippen molar-refractivity contribution in [1.82, 2.24) is 5.32 Å². The highest BCUT2D eigenvalue weighted by molar-refractivity contribution is 5.90. The van der Waals surface area contributed by atoms with Gasteiger partial charge < -0.3 is 10.6 Å². The van der Waals surface area contributed by atoms with Gasteiger partial charge in [0.15, 0.2) is 0 Å².